The predicted molar refractivity (Wildman–Crippen MR) is 82.0 cm³/mol. The Bertz CT molecular complexity index is 499. The number of hydrogen-bond donors (Lipinski definition) is 1. The van der Waals surface area contributed by atoms with Crippen molar-refractivity contribution < 1.29 is 10.0 Å². The molecule has 1 amide bonds. The molecule has 1 aliphatic rings. The molecule has 5 heteroatoms. The molecule has 1 unspecified atom stereocenters. The van der Waals surface area contributed by atoms with Gasteiger partial charge in [0.15, 0.2) is 0 Å². The van der Waals surface area contributed by atoms with E-state index in [0.717, 1.165) is 22.2 Å². The first-order valence-electron chi connectivity index (χ1n) is 6.87. The summed E-state index contributed by atoms with van der Waals surface area (Å²) in [6, 6.07) is 7.82. The maximum absolute atomic E-state index is 12.3. The smallest absolute Gasteiger partial charge is 0.227 e. The molecule has 0 aliphatic carbocycles. The van der Waals surface area contributed by atoms with Gasteiger partial charge in [-0.25, -0.2) is 0 Å². The summed E-state index contributed by atoms with van der Waals surface area (Å²) < 4.78 is 1.02. The van der Waals surface area contributed by atoms with E-state index in [9.17, 15) is 4.79 Å². The molecule has 0 radical (unpaired) electrons. The number of halogens is 1. The summed E-state index contributed by atoms with van der Waals surface area (Å²) in [6.07, 6.45) is 1.98. The molecule has 1 saturated heterocycles. The molecule has 0 saturated carbocycles. The van der Waals surface area contributed by atoms with E-state index in [2.05, 4.69) is 28.0 Å². The second kappa shape index (κ2) is 6.88. The highest BCUT2D eigenvalue weighted by Crippen LogP contribution is 2.19. The van der Waals surface area contributed by atoms with Crippen molar-refractivity contribution in [3.8, 4) is 0 Å². The average molecular weight is 339 g/mol. The molecule has 0 spiro atoms. The summed E-state index contributed by atoms with van der Waals surface area (Å²) in [5, 5.41) is 12.3. The molecule has 4 nitrogen and oxygen atoms in total. The van der Waals surface area contributed by atoms with Gasteiger partial charge in [0.05, 0.1) is 12.1 Å². The summed E-state index contributed by atoms with van der Waals surface area (Å²) in [5.41, 5.74) is 1.84. The number of hydrogen-bond acceptors (Lipinski definition) is 3. The van der Waals surface area contributed by atoms with Gasteiger partial charge in [-0.3, -0.25) is 4.79 Å². The van der Waals surface area contributed by atoms with E-state index in [1.54, 1.807) is 0 Å². The highest BCUT2D eigenvalue weighted by atomic mass is 79.9. The van der Waals surface area contributed by atoms with Crippen molar-refractivity contribution in [2.45, 2.75) is 26.2 Å². The highest BCUT2D eigenvalue weighted by molar-refractivity contribution is 9.10. The quantitative estimate of drug-likeness (QED) is 0.680. The van der Waals surface area contributed by atoms with Crippen molar-refractivity contribution >= 4 is 27.5 Å². The lowest BCUT2D eigenvalue weighted by Gasteiger charge is -2.33. The van der Waals surface area contributed by atoms with Crippen LogP contribution in [0.15, 0.2) is 33.9 Å². The lowest BCUT2D eigenvalue weighted by Crippen LogP contribution is -2.44. The topological polar surface area (TPSA) is 52.9 Å². The van der Waals surface area contributed by atoms with Gasteiger partial charge >= 0.3 is 0 Å². The van der Waals surface area contributed by atoms with Crippen molar-refractivity contribution in [1.82, 2.24) is 4.90 Å². The molecule has 20 heavy (non-hydrogen) atoms. The standard InChI is InChI=1S/C15H19BrN2O2/c1-2-12-10-18(8-7-14(12)17-20)15(19)9-11-3-5-13(16)6-4-11/h3-6,12,20H,2,7-10H2,1H3/b17-14+. The van der Waals surface area contributed by atoms with Gasteiger partial charge in [0.2, 0.25) is 5.91 Å². The Morgan fingerprint density at radius 1 is 1.45 bits per heavy atom. The number of amides is 1. The zero-order chi connectivity index (χ0) is 14.5. The van der Waals surface area contributed by atoms with E-state index in [-0.39, 0.29) is 11.8 Å². The Balaban J connectivity index is 1.98. The van der Waals surface area contributed by atoms with Crippen LogP contribution in [0, 0.1) is 5.92 Å². The molecule has 1 aliphatic heterocycles. The molecule has 1 fully saturated rings. The first kappa shape index (κ1) is 15.0. The number of nitrogens with zero attached hydrogens (tertiary/aromatic N) is 2. The molecule has 1 aromatic carbocycles. The fraction of sp³-hybridized carbons (Fsp3) is 0.467. The van der Waals surface area contributed by atoms with Gasteiger partial charge in [-0.2, -0.15) is 0 Å². The SMILES string of the molecule is CCC1CN(C(=O)Cc2ccc(Br)cc2)CC/C1=N\O. The van der Waals surface area contributed by atoms with Crippen molar-refractivity contribution in [2.75, 3.05) is 13.1 Å². The Labute approximate surface area is 127 Å². The van der Waals surface area contributed by atoms with E-state index < -0.39 is 0 Å². The number of benzene rings is 1. The molecule has 1 heterocycles. The van der Waals surface area contributed by atoms with E-state index in [0.29, 0.717) is 25.9 Å². The predicted octanol–water partition coefficient (Wildman–Crippen LogP) is 3.08. The van der Waals surface area contributed by atoms with Crippen LogP contribution in [0.4, 0.5) is 0 Å². The summed E-state index contributed by atoms with van der Waals surface area (Å²) >= 11 is 3.39. The largest absolute Gasteiger partial charge is 0.411 e. The highest BCUT2D eigenvalue weighted by Gasteiger charge is 2.27. The monoisotopic (exact) mass is 338 g/mol. The second-order valence-corrected chi connectivity index (χ2v) is 6.01. The Morgan fingerprint density at radius 2 is 2.15 bits per heavy atom. The number of piperidine rings is 1. The van der Waals surface area contributed by atoms with Crippen molar-refractivity contribution in [1.29, 1.82) is 0 Å². The van der Waals surface area contributed by atoms with E-state index in [1.807, 2.05) is 29.2 Å². The molecule has 0 aromatic heterocycles. The van der Waals surface area contributed by atoms with E-state index >= 15 is 0 Å². The van der Waals surface area contributed by atoms with Crippen LogP contribution >= 0.6 is 15.9 Å². The minimum Gasteiger partial charge on any atom is -0.411 e. The fourth-order valence-electron chi connectivity index (χ4n) is 2.53. The first-order valence-corrected chi connectivity index (χ1v) is 7.66. The summed E-state index contributed by atoms with van der Waals surface area (Å²) in [4.78, 5) is 14.2. The van der Waals surface area contributed by atoms with Crippen LogP contribution in [0.5, 0.6) is 0 Å². The molecule has 108 valence electrons. The van der Waals surface area contributed by atoms with Gasteiger partial charge in [0.25, 0.3) is 0 Å². The van der Waals surface area contributed by atoms with Crippen LogP contribution in [-0.4, -0.2) is 34.8 Å². The lowest BCUT2D eigenvalue weighted by atomic mass is 9.93. The minimum absolute atomic E-state index is 0.141. The molecule has 0 bridgehead atoms. The molecule has 1 atom stereocenters. The van der Waals surface area contributed by atoms with E-state index in [1.165, 1.54) is 0 Å². The van der Waals surface area contributed by atoms with Gasteiger partial charge in [-0.1, -0.05) is 40.1 Å². The van der Waals surface area contributed by atoms with Crippen LogP contribution in [0.2, 0.25) is 0 Å². The maximum atomic E-state index is 12.3. The number of carbonyl (C=O) groups excluding carboxylic acids is 1. The summed E-state index contributed by atoms with van der Waals surface area (Å²) in [6.45, 7) is 3.36. The van der Waals surface area contributed by atoms with Crippen LogP contribution in [0.1, 0.15) is 25.3 Å². The number of oxime groups is 1. The molecular weight excluding hydrogens is 320 g/mol. The first-order chi connectivity index (χ1) is 9.63. The maximum Gasteiger partial charge on any atom is 0.227 e. The third-order valence-corrected chi connectivity index (χ3v) is 4.32. The number of carbonyl (C=O) groups is 1. The van der Waals surface area contributed by atoms with Gasteiger partial charge in [-0.15, -0.1) is 0 Å². The van der Waals surface area contributed by atoms with Crippen LogP contribution in [0.3, 0.4) is 0 Å². The summed E-state index contributed by atoms with van der Waals surface area (Å²) in [5.74, 6) is 0.324. The fourth-order valence-corrected chi connectivity index (χ4v) is 2.79. The van der Waals surface area contributed by atoms with Gasteiger partial charge in [0, 0.05) is 29.9 Å². The second-order valence-electron chi connectivity index (χ2n) is 5.09. The molecule has 1 aromatic rings. The Morgan fingerprint density at radius 3 is 2.75 bits per heavy atom. The third-order valence-electron chi connectivity index (χ3n) is 3.79. The minimum atomic E-state index is 0.141. The van der Waals surface area contributed by atoms with Gasteiger partial charge in [-0.05, 0) is 24.1 Å². The summed E-state index contributed by atoms with van der Waals surface area (Å²) in [7, 11) is 0. The normalized spacial score (nSPS) is 21.2. The Kier molecular flexibility index (Phi) is 5.17. The zero-order valence-electron chi connectivity index (χ0n) is 11.6. The zero-order valence-corrected chi connectivity index (χ0v) is 13.1. The van der Waals surface area contributed by atoms with Crippen molar-refractivity contribution in [3.05, 3.63) is 34.3 Å². The van der Waals surface area contributed by atoms with E-state index in [4.69, 9.17) is 5.21 Å². The molecular formula is C15H19BrN2O2. The number of likely N-dealkylation sites (tertiary alicyclic amines) is 1. The third kappa shape index (κ3) is 3.60. The molecule has 1 N–H and O–H groups in total. The Hall–Kier alpha value is -1.36. The van der Waals surface area contributed by atoms with Crippen molar-refractivity contribution in [3.63, 3.8) is 0 Å². The van der Waals surface area contributed by atoms with Crippen LogP contribution in [-0.2, 0) is 11.2 Å². The average Bonchev–Trinajstić information content (AvgIpc) is 2.48. The van der Waals surface area contributed by atoms with Gasteiger partial charge in [0.1, 0.15) is 0 Å². The van der Waals surface area contributed by atoms with Gasteiger partial charge < -0.3 is 10.1 Å². The van der Waals surface area contributed by atoms with Crippen LogP contribution in [0.25, 0.3) is 0 Å². The lowest BCUT2D eigenvalue weighted by molar-refractivity contribution is -0.131. The van der Waals surface area contributed by atoms with Crippen molar-refractivity contribution in [2.24, 2.45) is 11.1 Å². The number of rotatable bonds is 3. The molecule has 2 rings (SSSR count). The van der Waals surface area contributed by atoms with Crippen LogP contribution < -0.4 is 0 Å².